The number of phenolic OH excluding ortho intramolecular Hbond substituents is 1. The molecular weight excluding hydrogens is 464 g/mol. The summed E-state index contributed by atoms with van der Waals surface area (Å²) >= 11 is 0. The molecule has 0 radical (unpaired) electrons. The van der Waals surface area contributed by atoms with Gasteiger partial charge in [-0.15, -0.1) is 0 Å². The predicted octanol–water partition coefficient (Wildman–Crippen LogP) is 1.55. The van der Waals surface area contributed by atoms with Gasteiger partial charge in [0.05, 0.1) is 6.04 Å². The number of carboxylic acids is 1. The molecule has 36 heavy (non-hydrogen) atoms. The molecule has 10 nitrogen and oxygen atoms in total. The van der Waals surface area contributed by atoms with Crippen molar-refractivity contribution in [1.82, 2.24) is 16.0 Å². The van der Waals surface area contributed by atoms with Gasteiger partial charge in [-0.1, -0.05) is 53.7 Å². The molecule has 3 amide bonds. The van der Waals surface area contributed by atoms with E-state index in [0.717, 1.165) is 0 Å². The third-order valence-electron chi connectivity index (χ3n) is 5.69. The Morgan fingerprint density at radius 1 is 0.750 bits per heavy atom. The molecule has 1 aromatic rings. The van der Waals surface area contributed by atoms with E-state index in [-0.39, 0.29) is 42.8 Å². The summed E-state index contributed by atoms with van der Waals surface area (Å²) in [5.74, 6) is -2.87. The number of rotatable bonds is 14. The van der Waals surface area contributed by atoms with Crippen molar-refractivity contribution in [3.63, 3.8) is 0 Å². The Morgan fingerprint density at radius 2 is 1.19 bits per heavy atom. The molecule has 0 saturated carbocycles. The van der Waals surface area contributed by atoms with Crippen LogP contribution in [0.15, 0.2) is 24.3 Å². The standard InChI is InChI=1S/C26H42N4O6/c1-14(2)11-19(23(32)30-21(26(35)36)12-15(3)4)28-24(33)20(29-25(34)22(27)16(5)6)13-17-7-9-18(31)10-8-17/h7-10,14-16,19-22,31H,11-13,27H2,1-6H3,(H,28,33)(H,29,34)(H,30,32)(H,35,36). The number of phenols is 1. The minimum Gasteiger partial charge on any atom is -0.508 e. The summed E-state index contributed by atoms with van der Waals surface area (Å²) in [5, 5.41) is 27.0. The highest BCUT2D eigenvalue weighted by Crippen LogP contribution is 2.13. The number of carboxylic acid groups (broad SMARTS) is 1. The molecule has 7 N–H and O–H groups in total. The molecular formula is C26H42N4O6. The Kier molecular flexibility index (Phi) is 12.4. The lowest BCUT2D eigenvalue weighted by molar-refractivity contribution is -0.143. The highest BCUT2D eigenvalue weighted by Gasteiger charge is 2.31. The van der Waals surface area contributed by atoms with Crippen molar-refractivity contribution < 1.29 is 29.4 Å². The average Bonchev–Trinajstić information content (AvgIpc) is 2.77. The van der Waals surface area contributed by atoms with Gasteiger partial charge in [-0.2, -0.15) is 0 Å². The molecule has 0 bridgehead atoms. The van der Waals surface area contributed by atoms with E-state index >= 15 is 0 Å². The maximum Gasteiger partial charge on any atom is 0.326 e. The van der Waals surface area contributed by atoms with Crippen molar-refractivity contribution in [1.29, 1.82) is 0 Å². The minimum atomic E-state index is -1.15. The van der Waals surface area contributed by atoms with Crippen LogP contribution in [0.4, 0.5) is 0 Å². The highest BCUT2D eigenvalue weighted by molar-refractivity contribution is 5.94. The molecule has 202 valence electrons. The second-order valence-electron chi connectivity index (χ2n) is 10.4. The van der Waals surface area contributed by atoms with Crippen molar-refractivity contribution in [3.05, 3.63) is 29.8 Å². The van der Waals surface area contributed by atoms with E-state index in [2.05, 4.69) is 16.0 Å². The predicted molar refractivity (Wildman–Crippen MR) is 137 cm³/mol. The first-order chi connectivity index (χ1) is 16.7. The van der Waals surface area contributed by atoms with Crippen LogP contribution in [0.1, 0.15) is 59.9 Å². The molecule has 1 aromatic carbocycles. The summed E-state index contributed by atoms with van der Waals surface area (Å²) in [4.78, 5) is 50.6. The first-order valence-electron chi connectivity index (χ1n) is 12.4. The zero-order valence-corrected chi connectivity index (χ0v) is 22.1. The fraction of sp³-hybridized carbons (Fsp3) is 0.615. The number of amides is 3. The van der Waals surface area contributed by atoms with E-state index in [9.17, 15) is 29.4 Å². The summed E-state index contributed by atoms with van der Waals surface area (Å²) in [7, 11) is 0. The molecule has 0 heterocycles. The normalized spacial score (nSPS) is 14.7. The van der Waals surface area contributed by atoms with Crippen LogP contribution < -0.4 is 21.7 Å². The quantitative estimate of drug-likeness (QED) is 0.222. The SMILES string of the molecule is CC(C)CC(NC(=O)C(CC(C)C)NC(=O)C(Cc1ccc(O)cc1)NC(=O)C(N)C(C)C)C(=O)O. The van der Waals surface area contributed by atoms with Crippen LogP contribution >= 0.6 is 0 Å². The summed E-state index contributed by atoms with van der Waals surface area (Å²) in [6, 6.07) is 2.26. The lowest BCUT2D eigenvalue weighted by Crippen LogP contribution is -2.58. The van der Waals surface area contributed by atoms with Gasteiger partial charge in [0.15, 0.2) is 0 Å². The first kappa shape index (κ1) is 30.9. The molecule has 0 spiro atoms. The molecule has 4 unspecified atom stereocenters. The van der Waals surface area contributed by atoms with E-state index in [4.69, 9.17) is 5.73 Å². The maximum atomic E-state index is 13.3. The van der Waals surface area contributed by atoms with Gasteiger partial charge in [0.25, 0.3) is 0 Å². The van der Waals surface area contributed by atoms with Gasteiger partial charge in [0, 0.05) is 6.42 Å². The number of nitrogens with one attached hydrogen (secondary N) is 3. The van der Waals surface area contributed by atoms with Crippen LogP contribution in [0.5, 0.6) is 5.75 Å². The van der Waals surface area contributed by atoms with E-state index in [1.807, 2.05) is 27.7 Å². The zero-order valence-electron chi connectivity index (χ0n) is 22.1. The Balaban J connectivity index is 3.14. The number of carbonyl (C=O) groups is 4. The smallest absolute Gasteiger partial charge is 0.326 e. The summed E-state index contributed by atoms with van der Waals surface area (Å²) in [6.07, 6.45) is 0.622. The van der Waals surface area contributed by atoms with Crippen LogP contribution in [0, 0.1) is 17.8 Å². The molecule has 0 saturated heterocycles. The molecule has 0 aliphatic carbocycles. The topological polar surface area (TPSA) is 171 Å². The summed E-state index contributed by atoms with van der Waals surface area (Å²) in [6.45, 7) is 11.1. The van der Waals surface area contributed by atoms with E-state index < -0.39 is 47.9 Å². The first-order valence-corrected chi connectivity index (χ1v) is 12.4. The number of aromatic hydroxyl groups is 1. The van der Waals surface area contributed by atoms with Gasteiger partial charge in [-0.25, -0.2) is 4.79 Å². The van der Waals surface area contributed by atoms with Gasteiger partial charge in [0.1, 0.15) is 23.9 Å². The van der Waals surface area contributed by atoms with Crippen molar-refractivity contribution in [2.45, 2.75) is 85.0 Å². The van der Waals surface area contributed by atoms with Crippen LogP contribution in [0.2, 0.25) is 0 Å². The molecule has 10 heteroatoms. The van der Waals surface area contributed by atoms with E-state index in [1.54, 1.807) is 26.0 Å². The molecule has 0 aliphatic rings. The lowest BCUT2D eigenvalue weighted by Gasteiger charge is -2.27. The van der Waals surface area contributed by atoms with Crippen molar-refractivity contribution >= 4 is 23.7 Å². The van der Waals surface area contributed by atoms with Crippen LogP contribution in [-0.2, 0) is 25.6 Å². The monoisotopic (exact) mass is 506 g/mol. The molecule has 4 atom stereocenters. The van der Waals surface area contributed by atoms with Crippen LogP contribution in [0.25, 0.3) is 0 Å². The Labute approximate surface area is 213 Å². The molecule has 0 fully saturated rings. The third-order valence-corrected chi connectivity index (χ3v) is 5.69. The highest BCUT2D eigenvalue weighted by atomic mass is 16.4. The Hall–Kier alpha value is -3.14. The van der Waals surface area contributed by atoms with Crippen molar-refractivity contribution in [2.75, 3.05) is 0 Å². The van der Waals surface area contributed by atoms with Crippen molar-refractivity contribution in [2.24, 2.45) is 23.5 Å². The van der Waals surface area contributed by atoms with E-state index in [1.165, 1.54) is 12.1 Å². The summed E-state index contributed by atoms with van der Waals surface area (Å²) in [5.41, 5.74) is 6.64. The van der Waals surface area contributed by atoms with Gasteiger partial charge < -0.3 is 31.9 Å². The van der Waals surface area contributed by atoms with Crippen LogP contribution in [0.3, 0.4) is 0 Å². The Bertz CT molecular complexity index is 885. The number of hydrogen-bond donors (Lipinski definition) is 6. The third kappa shape index (κ3) is 10.6. The summed E-state index contributed by atoms with van der Waals surface area (Å²) < 4.78 is 0. The van der Waals surface area contributed by atoms with Gasteiger partial charge in [-0.3, -0.25) is 14.4 Å². The van der Waals surface area contributed by atoms with Crippen molar-refractivity contribution in [3.8, 4) is 5.75 Å². The second kappa shape index (κ2) is 14.4. The van der Waals surface area contributed by atoms with Crippen LogP contribution in [-0.4, -0.2) is 58.1 Å². The number of hydrogen-bond acceptors (Lipinski definition) is 6. The molecule has 0 aromatic heterocycles. The van der Waals surface area contributed by atoms with Gasteiger partial charge >= 0.3 is 5.97 Å². The van der Waals surface area contributed by atoms with Gasteiger partial charge in [-0.05, 0) is 48.3 Å². The Morgan fingerprint density at radius 3 is 1.67 bits per heavy atom. The second-order valence-corrected chi connectivity index (χ2v) is 10.4. The minimum absolute atomic E-state index is 0.0222. The maximum absolute atomic E-state index is 13.3. The average molecular weight is 507 g/mol. The number of aliphatic carboxylic acids is 1. The number of carbonyl (C=O) groups excluding carboxylic acids is 3. The molecule has 1 rings (SSSR count). The largest absolute Gasteiger partial charge is 0.508 e. The zero-order chi connectivity index (χ0) is 27.6. The lowest BCUT2D eigenvalue weighted by atomic mass is 9.99. The van der Waals surface area contributed by atoms with Gasteiger partial charge in [0.2, 0.25) is 17.7 Å². The number of benzene rings is 1. The number of nitrogens with two attached hydrogens (primary N) is 1. The molecule has 0 aliphatic heterocycles. The fourth-order valence-electron chi connectivity index (χ4n) is 3.59. The van der Waals surface area contributed by atoms with E-state index in [0.29, 0.717) is 5.56 Å². The fourth-order valence-corrected chi connectivity index (χ4v) is 3.59.